The Balaban J connectivity index is 2.30. The predicted octanol–water partition coefficient (Wildman–Crippen LogP) is 4.02. The zero-order valence-corrected chi connectivity index (χ0v) is 13.1. The summed E-state index contributed by atoms with van der Waals surface area (Å²) in [7, 11) is 3.72. The van der Waals surface area contributed by atoms with Crippen LogP contribution in [0.1, 0.15) is 18.5 Å². The molecule has 1 atom stereocenters. The SMILES string of the molecule is CNc1ncc(Cl)c(N(C)C(C)c2ccc(Cl)cc2)n1. The van der Waals surface area contributed by atoms with Crippen molar-refractivity contribution in [3.8, 4) is 0 Å². The standard InChI is InChI=1S/C14H16Cl2N4/c1-9(10-4-6-11(15)7-5-10)20(3)13-12(16)8-18-14(17-2)19-13/h4-9H,1-3H3,(H,17,18,19). The van der Waals surface area contributed by atoms with Crippen LogP contribution < -0.4 is 10.2 Å². The van der Waals surface area contributed by atoms with Gasteiger partial charge in [-0.25, -0.2) is 4.98 Å². The first-order valence-corrected chi connectivity index (χ1v) is 6.97. The minimum absolute atomic E-state index is 0.115. The van der Waals surface area contributed by atoms with Crippen molar-refractivity contribution in [3.05, 3.63) is 46.1 Å². The first-order valence-electron chi connectivity index (χ1n) is 6.21. The number of halogens is 2. The Morgan fingerprint density at radius 1 is 1.20 bits per heavy atom. The lowest BCUT2D eigenvalue weighted by Gasteiger charge is -2.27. The lowest BCUT2D eigenvalue weighted by Crippen LogP contribution is -2.23. The third-order valence-electron chi connectivity index (χ3n) is 3.22. The summed E-state index contributed by atoms with van der Waals surface area (Å²) in [5.74, 6) is 1.23. The summed E-state index contributed by atoms with van der Waals surface area (Å²) in [5.41, 5.74) is 1.14. The quantitative estimate of drug-likeness (QED) is 0.926. The topological polar surface area (TPSA) is 41.1 Å². The second-order valence-electron chi connectivity index (χ2n) is 4.45. The highest BCUT2D eigenvalue weighted by molar-refractivity contribution is 6.32. The minimum Gasteiger partial charge on any atom is -0.357 e. The van der Waals surface area contributed by atoms with Gasteiger partial charge < -0.3 is 10.2 Å². The van der Waals surface area contributed by atoms with E-state index in [0.717, 1.165) is 10.6 Å². The first kappa shape index (κ1) is 14.9. The predicted molar refractivity (Wildman–Crippen MR) is 84.9 cm³/mol. The van der Waals surface area contributed by atoms with Gasteiger partial charge in [0.15, 0.2) is 5.82 Å². The van der Waals surface area contributed by atoms with Gasteiger partial charge in [0.1, 0.15) is 5.02 Å². The highest BCUT2D eigenvalue weighted by atomic mass is 35.5. The Kier molecular flexibility index (Phi) is 4.68. The summed E-state index contributed by atoms with van der Waals surface area (Å²) in [6, 6.07) is 7.86. The van der Waals surface area contributed by atoms with Gasteiger partial charge in [-0.1, -0.05) is 35.3 Å². The van der Waals surface area contributed by atoms with Crippen LogP contribution in [-0.4, -0.2) is 24.1 Å². The zero-order chi connectivity index (χ0) is 14.7. The normalized spacial score (nSPS) is 12.1. The minimum atomic E-state index is 0.115. The molecule has 0 spiro atoms. The van der Waals surface area contributed by atoms with E-state index in [2.05, 4.69) is 22.2 Å². The van der Waals surface area contributed by atoms with Gasteiger partial charge in [0.05, 0.1) is 12.2 Å². The van der Waals surface area contributed by atoms with Crippen molar-refractivity contribution >= 4 is 35.0 Å². The van der Waals surface area contributed by atoms with Crippen LogP contribution in [0.5, 0.6) is 0 Å². The molecule has 1 aromatic carbocycles. The fraction of sp³-hybridized carbons (Fsp3) is 0.286. The Morgan fingerprint density at radius 3 is 2.45 bits per heavy atom. The van der Waals surface area contributed by atoms with E-state index in [-0.39, 0.29) is 6.04 Å². The molecular weight excluding hydrogens is 295 g/mol. The summed E-state index contributed by atoms with van der Waals surface area (Å²) in [6.07, 6.45) is 1.60. The molecule has 1 aromatic heterocycles. The molecule has 106 valence electrons. The Morgan fingerprint density at radius 2 is 1.85 bits per heavy atom. The molecule has 20 heavy (non-hydrogen) atoms. The molecule has 0 aliphatic carbocycles. The van der Waals surface area contributed by atoms with E-state index in [1.807, 2.05) is 36.2 Å². The second-order valence-corrected chi connectivity index (χ2v) is 5.30. The maximum absolute atomic E-state index is 6.19. The molecule has 0 fully saturated rings. The third-order valence-corrected chi connectivity index (χ3v) is 3.74. The van der Waals surface area contributed by atoms with E-state index in [9.17, 15) is 0 Å². The Bertz CT molecular complexity index is 586. The van der Waals surface area contributed by atoms with Gasteiger partial charge in [-0.05, 0) is 24.6 Å². The molecule has 2 rings (SSSR count). The van der Waals surface area contributed by atoms with Crippen LogP contribution in [0.25, 0.3) is 0 Å². The zero-order valence-electron chi connectivity index (χ0n) is 11.6. The van der Waals surface area contributed by atoms with Crippen LogP contribution in [0.3, 0.4) is 0 Å². The van der Waals surface area contributed by atoms with Crippen molar-refractivity contribution in [1.29, 1.82) is 0 Å². The molecule has 0 amide bonds. The molecule has 0 aliphatic heterocycles. The van der Waals surface area contributed by atoms with Gasteiger partial charge in [-0.2, -0.15) is 4.98 Å². The van der Waals surface area contributed by atoms with Crippen molar-refractivity contribution in [3.63, 3.8) is 0 Å². The van der Waals surface area contributed by atoms with Crippen molar-refractivity contribution in [2.45, 2.75) is 13.0 Å². The summed E-state index contributed by atoms with van der Waals surface area (Å²) in [4.78, 5) is 10.5. The van der Waals surface area contributed by atoms with Crippen molar-refractivity contribution in [1.82, 2.24) is 9.97 Å². The molecule has 4 nitrogen and oxygen atoms in total. The molecule has 0 saturated carbocycles. The molecule has 2 aromatic rings. The number of rotatable bonds is 4. The maximum Gasteiger partial charge on any atom is 0.224 e. The fourth-order valence-corrected chi connectivity index (χ4v) is 2.22. The Hall–Kier alpha value is -1.52. The van der Waals surface area contributed by atoms with E-state index in [1.54, 1.807) is 13.2 Å². The molecule has 1 N–H and O–H groups in total. The lowest BCUT2D eigenvalue weighted by molar-refractivity contribution is 0.728. The van der Waals surface area contributed by atoms with Gasteiger partial charge >= 0.3 is 0 Å². The summed E-state index contributed by atoms with van der Waals surface area (Å²) < 4.78 is 0. The second kappa shape index (κ2) is 6.29. The van der Waals surface area contributed by atoms with E-state index in [1.165, 1.54) is 0 Å². The van der Waals surface area contributed by atoms with Gasteiger partial charge in [0, 0.05) is 19.1 Å². The number of anilines is 2. The smallest absolute Gasteiger partial charge is 0.224 e. The average molecular weight is 311 g/mol. The number of nitrogens with one attached hydrogen (secondary N) is 1. The number of benzene rings is 1. The highest BCUT2D eigenvalue weighted by Gasteiger charge is 2.17. The van der Waals surface area contributed by atoms with Crippen LogP contribution in [0.4, 0.5) is 11.8 Å². The molecule has 0 bridgehead atoms. The van der Waals surface area contributed by atoms with Crippen molar-refractivity contribution in [2.24, 2.45) is 0 Å². The van der Waals surface area contributed by atoms with Crippen molar-refractivity contribution < 1.29 is 0 Å². The molecule has 1 heterocycles. The van der Waals surface area contributed by atoms with Gasteiger partial charge in [0.2, 0.25) is 5.95 Å². The van der Waals surface area contributed by atoms with E-state index in [0.29, 0.717) is 16.8 Å². The summed E-state index contributed by atoms with van der Waals surface area (Å²) in [6.45, 7) is 2.08. The number of hydrogen-bond donors (Lipinski definition) is 1. The number of hydrogen-bond acceptors (Lipinski definition) is 4. The van der Waals surface area contributed by atoms with Gasteiger partial charge in [0.25, 0.3) is 0 Å². The van der Waals surface area contributed by atoms with Crippen LogP contribution >= 0.6 is 23.2 Å². The molecule has 0 aliphatic rings. The average Bonchev–Trinajstić information content (AvgIpc) is 2.47. The maximum atomic E-state index is 6.19. The highest BCUT2D eigenvalue weighted by Crippen LogP contribution is 2.30. The Labute approximate surface area is 128 Å². The van der Waals surface area contributed by atoms with E-state index in [4.69, 9.17) is 23.2 Å². The monoisotopic (exact) mass is 310 g/mol. The number of nitrogens with zero attached hydrogens (tertiary/aromatic N) is 3. The van der Waals surface area contributed by atoms with Crippen LogP contribution in [-0.2, 0) is 0 Å². The molecule has 6 heteroatoms. The first-order chi connectivity index (χ1) is 9.52. The van der Waals surface area contributed by atoms with Gasteiger partial charge in [-0.15, -0.1) is 0 Å². The van der Waals surface area contributed by atoms with E-state index >= 15 is 0 Å². The lowest BCUT2D eigenvalue weighted by atomic mass is 10.1. The molecule has 0 saturated heterocycles. The van der Waals surface area contributed by atoms with Crippen LogP contribution in [0.15, 0.2) is 30.5 Å². The van der Waals surface area contributed by atoms with E-state index < -0.39 is 0 Å². The number of aromatic nitrogens is 2. The third kappa shape index (κ3) is 3.14. The molecular formula is C14H16Cl2N4. The summed E-state index contributed by atoms with van der Waals surface area (Å²) >= 11 is 12.1. The van der Waals surface area contributed by atoms with Crippen molar-refractivity contribution in [2.75, 3.05) is 24.3 Å². The molecule has 1 unspecified atom stereocenters. The van der Waals surface area contributed by atoms with Crippen LogP contribution in [0.2, 0.25) is 10.0 Å². The largest absolute Gasteiger partial charge is 0.357 e. The molecule has 0 radical (unpaired) electrons. The fourth-order valence-electron chi connectivity index (χ4n) is 1.87. The van der Waals surface area contributed by atoms with Crippen LogP contribution in [0, 0.1) is 0 Å². The van der Waals surface area contributed by atoms with Gasteiger partial charge in [-0.3, -0.25) is 0 Å². The summed E-state index contributed by atoms with van der Waals surface area (Å²) in [5, 5.41) is 4.15.